The number of hydrogen-bond acceptors (Lipinski definition) is 4. The van der Waals surface area contributed by atoms with E-state index in [4.69, 9.17) is 0 Å². The molecule has 8 heteroatoms. The van der Waals surface area contributed by atoms with Crippen LogP contribution in [0.2, 0.25) is 0 Å². The molecule has 2 aromatic carbocycles. The maximum atomic E-state index is 13.3. The number of aromatic nitrogens is 2. The van der Waals surface area contributed by atoms with Gasteiger partial charge in [0.1, 0.15) is 6.54 Å². The van der Waals surface area contributed by atoms with Crippen LogP contribution in [-0.4, -0.2) is 27.5 Å². The minimum Gasteiger partial charge on any atom is -0.356 e. The average molecular weight is 479 g/mol. The number of amides is 2. The Bertz CT molecular complexity index is 1310. The maximum absolute atomic E-state index is 13.3. The van der Waals surface area contributed by atoms with Gasteiger partial charge in [-0.3, -0.25) is 23.5 Å². The zero-order valence-corrected chi connectivity index (χ0v) is 20.7. The summed E-state index contributed by atoms with van der Waals surface area (Å²) in [5.74, 6) is -0.00239. The molecule has 1 aromatic heterocycles. The Morgan fingerprint density at radius 1 is 0.914 bits per heavy atom. The summed E-state index contributed by atoms with van der Waals surface area (Å²) in [6.07, 6.45) is 2.15. The highest BCUT2D eigenvalue weighted by Gasteiger charge is 2.16. The van der Waals surface area contributed by atoms with Crippen LogP contribution in [0.15, 0.2) is 58.1 Å². The van der Waals surface area contributed by atoms with Crippen molar-refractivity contribution in [3.8, 4) is 0 Å². The molecule has 8 nitrogen and oxygen atoms in total. The van der Waals surface area contributed by atoms with Crippen LogP contribution in [0.3, 0.4) is 0 Å². The number of hydrogen-bond donors (Lipinski definition) is 2. The van der Waals surface area contributed by atoms with Crippen LogP contribution >= 0.6 is 0 Å². The molecule has 2 N–H and O–H groups in total. The van der Waals surface area contributed by atoms with E-state index >= 15 is 0 Å². The Balaban J connectivity index is 1.79. The van der Waals surface area contributed by atoms with Crippen molar-refractivity contribution in [2.24, 2.45) is 5.92 Å². The van der Waals surface area contributed by atoms with Crippen LogP contribution in [0.4, 0.5) is 5.69 Å². The Morgan fingerprint density at radius 2 is 1.63 bits per heavy atom. The highest BCUT2D eigenvalue weighted by atomic mass is 16.2. The monoisotopic (exact) mass is 478 g/mol. The van der Waals surface area contributed by atoms with Crippen LogP contribution in [0.5, 0.6) is 0 Å². The first kappa shape index (κ1) is 25.9. The van der Waals surface area contributed by atoms with E-state index < -0.39 is 5.69 Å². The fraction of sp³-hybridized carbons (Fsp3) is 0.407. The number of carbonyl (C=O) groups is 2. The normalized spacial score (nSPS) is 11.1. The Hall–Kier alpha value is -3.68. The first-order valence-electron chi connectivity index (χ1n) is 12.2. The predicted molar refractivity (Wildman–Crippen MR) is 139 cm³/mol. The first-order chi connectivity index (χ1) is 16.8. The van der Waals surface area contributed by atoms with Crippen LogP contribution in [0, 0.1) is 5.92 Å². The molecule has 2 amide bonds. The Kier molecular flexibility index (Phi) is 9.00. The van der Waals surface area contributed by atoms with E-state index in [1.807, 2.05) is 45.0 Å². The third-order valence-electron chi connectivity index (χ3n) is 5.85. The van der Waals surface area contributed by atoms with Gasteiger partial charge in [0.25, 0.3) is 5.56 Å². The summed E-state index contributed by atoms with van der Waals surface area (Å²) in [5, 5.41) is 6.14. The lowest BCUT2D eigenvalue weighted by Crippen LogP contribution is -2.41. The summed E-state index contributed by atoms with van der Waals surface area (Å²) in [6, 6.07) is 14.3. The fourth-order valence-electron chi connectivity index (χ4n) is 3.97. The Morgan fingerprint density at radius 3 is 2.37 bits per heavy atom. The van der Waals surface area contributed by atoms with Gasteiger partial charge in [-0.2, -0.15) is 0 Å². The summed E-state index contributed by atoms with van der Waals surface area (Å²) >= 11 is 0. The summed E-state index contributed by atoms with van der Waals surface area (Å²) < 4.78 is 2.51. The second-order valence-electron chi connectivity index (χ2n) is 9.06. The number of benzene rings is 2. The lowest BCUT2D eigenvalue weighted by molar-refractivity contribution is -0.121. The average Bonchev–Trinajstić information content (AvgIpc) is 2.85. The number of fused-ring (bicyclic) bond motifs is 1. The molecular weight excluding hydrogens is 444 g/mol. The molecule has 0 aliphatic heterocycles. The molecule has 35 heavy (non-hydrogen) atoms. The Labute approximate surface area is 205 Å². The summed E-state index contributed by atoms with van der Waals surface area (Å²) in [7, 11) is 0. The van der Waals surface area contributed by atoms with Crippen LogP contribution in [0.1, 0.15) is 45.6 Å². The number of unbranched alkanes of at least 4 members (excludes halogenated alkanes) is 1. The number of para-hydroxylation sites is 2. The molecule has 0 fully saturated rings. The van der Waals surface area contributed by atoms with Gasteiger partial charge in [0.2, 0.25) is 11.8 Å². The van der Waals surface area contributed by atoms with Gasteiger partial charge >= 0.3 is 5.69 Å². The van der Waals surface area contributed by atoms with E-state index in [1.54, 1.807) is 24.3 Å². The minimum absolute atomic E-state index is 0.0361. The van der Waals surface area contributed by atoms with Crippen molar-refractivity contribution < 1.29 is 9.59 Å². The van der Waals surface area contributed by atoms with Gasteiger partial charge in [0.15, 0.2) is 0 Å². The predicted octanol–water partition coefficient (Wildman–Crippen LogP) is 3.31. The van der Waals surface area contributed by atoms with Gasteiger partial charge in [0, 0.05) is 25.2 Å². The molecule has 0 saturated carbocycles. The topological polar surface area (TPSA) is 102 Å². The first-order valence-corrected chi connectivity index (χ1v) is 12.2. The van der Waals surface area contributed by atoms with Crippen molar-refractivity contribution in [1.29, 1.82) is 0 Å². The van der Waals surface area contributed by atoms with Gasteiger partial charge in [-0.25, -0.2) is 4.79 Å². The van der Waals surface area contributed by atoms with E-state index in [1.165, 1.54) is 9.13 Å². The van der Waals surface area contributed by atoms with Gasteiger partial charge in [0.05, 0.1) is 10.9 Å². The lowest BCUT2D eigenvalue weighted by atomic mass is 10.1. The van der Waals surface area contributed by atoms with E-state index in [0.717, 1.165) is 12.0 Å². The van der Waals surface area contributed by atoms with Gasteiger partial charge in [-0.15, -0.1) is 0 Å². The van der Waals surface area contributed by atoms with Crippen molar-refractivity contribution in [2.75, 3.05) is 11.9 Å². The van der Waals surface area contributed by atoms with Crippen molar-refractivity contribution in [3.63, 3.8) is 0 Å². The number of rotatable bonds is 11. The van der Waals surface area contributed by atoms with E-state index in [0.29, 0.717) is 48.3 Å². The molecule has 0 unspecified atom stereocenters. The summed E-state index contributed by atoms with van der Waals surface area (Å²) in [4.78, 5) is 51.2. The zero-order chi connectivity index (χ0) is 25.4. The zero-order valence-electron chi connectivity index (χ0n) is 20.7. The second kappa shape index (κ2) is 12.1. The molecule has 3 rings (SSSR count). The molecule has 0 saturated heterocycles. The smallest absolute Gasteiger partial charge is 0.331 e. The molecule has 1 heterocycles. The van der Waals surface area contributed by atoms with E-state index in [-0.39, 0.29) is 30.5 Å². The number of nitrogens with one attached hydrogen (secondary N) is 2. The van der Waals surface area contributed by atoms with Crippen molar-refractivity contribution >= 4 is 28.4 Å². The molecule has 186 valence electrons. The summed E-state index contributed by atoms with van der Waals surface area (Å²) in [6.45, 7) is 6.65. The van der Waals surface area contributed by atoms with E-state index in [2.05, 4.69) is 10.6 Å². The van der Waals surface area contributed by atoms with Crippen LogP contribution in [-0.2, 0) is 29.1 Å². The molecule has 0 bridgehead atoms. The highest BCUT2D eigenvalue weighted by molar-refractivity contribution is 5.92. The van der Waals surface area contributed by atoms with E-state index in [9.17, 15) is 19.2 Å². The van der Waals surface area contributed by atoms with Crippen molar-refractivity contribution in [3.05, 3.63) is 74.9 Å². The van der Waals surface area contributed by atoms with Gasteiger partial charge < -0.3 is 10.6 Å². The quantitative estimate of drug-likeness (QED) is 0.413. The summed E-state index contributed by atoms with van der Waals surface area (Å²) in [5.41, 5.74) is 1.22. The molecule has 0 aliphatic rings. The molecule has 0 atom stereocenters. The standard InChI is InChI=1S/C27H34N4O4/c1-4-20-11-5-7-13-22(20)29-25(33)18-31-23-14-8-6-12-21(23)26(34)30(27(31)35)16-10-9-15-24(32)28-17-19(2)3/h5-8,11-14,19H,4,9-10,15-18H2,1-3H3,(H,28,32)(H,29,33). The lowest BCUT2D eigenvalue weighted by Gasteiger charge is -2.15. The third kappa shape index (κ3) is 6.68. The van der Waals surface area contributed by atoms with Crippen molar-refractivity contribution in [2.45, 2.75) is 59.5 Å². The molecule has 0 aliphatic carbocycles. The SMILES string of the molecule is CCc1ccccc1NC(=O)Cn1c(=O)n(CCCCC(=O)NCC(C)C)c(=O)c2ccccc21. The molecule has 0 spiro atoms. The number of nitrogens with zero attached hydrogens (tertiary/aromatic N) is 2. The third-order valence-corrected chi connectivity index (χ3v) is 5.85. The van der Waals surface area contributed by atoms with Crippen LogP contribution < -0.4 is 21.9 Å². The van der Waals surface area contributed by atoms with Crippen LogP contribution in [0.25, 0.3) is 10.9 Å². The number of aryl methyl sites for hydroxylation is 1. The molecule has 0 radical (unpaired) electrons. The largest absolute Gasteiger partial charge is 0.356 e. The number of carbonyl (C=O) groups excluding carboxylic acids is 2. The highest BCUT2D eigenvalue weighted by Crippen LogP contribution is 2.16. The van der Waals surface area contributed by atoms with Crippen molar-refractivity contribution in [1.82, 2.24) is 14.5 Å². The second-order valence-corrected chi connectivity index (χ2v) is 9.06. The van der Waals surface area contributed by atoms with Gasteiger partial charge in [-0.05, 0) is 48.9 Å². The molecule has 3 aromatic rings. The minimum atomic E-state index is -0.531. The number of anilines is 1. The molecular formula is C27H34N4O4. The fourth-order valence-corrected chi connectivity index (χ4v) is 3.97. The maximum Gasteiger partial charge on any atom is 0.331 e. The van der Waals surface area contributed by atoms with Gasteiger partial charge in [-0.1, -0.05) is 51.1 Å².